The molecule has 2 aromatic carbocycles. The molecular weight excluding hydrogens is 397 g/mol. The predicted octanol–water partition coefficient (Wildman–Crippen LogP) is 4.00. The van der Waals surface area contributed by atoms with Crippen LogP contribution in [0.2, 0.25) is 10.0 Å². The van der Waals surface area contributed by atoms with Gasteiger partial charge in [-0.3, -0.25) is 9.69 Å². The number of amides is 1. The molecule has 1 unspecified atom stereocenters. The standard InChI is InChI=1S/C21H21Cl2N3O2/c22-16-7-5-15(6-8-16)20-13-19(17-3-1-2-4-18(17)23)24-26(20)21(27)14-25-9-11-28-12-10-25/h1-8,20H,9-14H2. The summed E-state index contributed by atoms with van der Waals surface area (Å²) in [5.41, 5.74) is 2.69. The van der Waals surface area contributed by atoms with E-state index >= 15 is 0 Å². The second kappa shape index (κ2) is 8.62. The predicted molar refractivity (Wildman–Crippen MR) is 111 cm³/mol. The Morgan fingerprint density at radius 1 is 1.07 bits per heavy atom. The third-order valence-electron chi connectivity index (χ3n) is 5.07. The van der Waals surface area contributed by atoms with Crippen LogP contribution in [0.1, 0.15) is 23.6 Å². The van der Waals surface area contributed by atoms with Crippen molar-refractivity contribution >= 4 is 34.8 Å². The fourth-order valence-electron chi connectivity index (χ4n) is 3.57. The molecule has 1 atom stereocenters. The van der Waals surface area contributed by atoms with Gasteiger partial charge in [0.05, 0.1) is 31.5 Å². The van der Waals surface area contributed by atoms with Gasteiger partial charge in [0.2, 0.25) is 0 Å². The lowest BCUT2D eigenvalue weighted by Crippen LogP contribution is -2.43. The van der Waals surface area contributed by atoms with Gasteiger partial charge in [-0.2, -0.15) is 5.10 Å². The van der Waals surface area contributed by atoms with E-state index in [9.17, 15) is 4.79 Å². The normalized spacial score (nSPS) is 20.3. The molecule has 1 fully saturated rings. The van der Waals surface area contributed by atoms with Crippen molar-refractivity contribution in [3.63, 3.8) is 0 Å². The van der Waals surface area contributed by atoms with Crippen LogP contribution in [0.25, 0.3) is 0 Å². The molecule has 0 saturated carbocycles. The molecule has 0 aromatic heterocycles. The maximum Gasteiger partial charge on any atom is 0.257 e. The summed E-state index contributed by atoms with van der Waals surface area (Å²) in [6.07, 6.45) is 0.611. The van der Waals surface area contributed by atoms with E-state index in [1.165, 1.54) is 0 Å². The minimum atomic E-state index is -0.169. The average Bonchev–Trinajstić information content (AvgIpc) is 3.15. The molecular formula is C21H21Cl2N3O2. The van der Waals surface area contributed by atoms with E-state index in [0.717, 1.165) is 29.9 Å². The number of ether oxygens (including phenoxy) is 1. The zero-order chi connectivity index (χ0) is 19.5. The molecule has 146 valence electrons. The summed E-state index contributed by atoms with van der Waals surface area (Å²) in [7, 11) is 0. The fraction of sp³-hybridized carbons (Fsp3) is 0.333. The number of morpholine rings is 1. The number of carbonyl (C=O) groups is 1. The Morgan fingerprint density at radius 2 is 1.79 bits per heavy atom. The molecule has 1 amide bonds. The first-order valence-electron chi connectivity index (χ1n) is 9.32. The average molecular weight is 418 g/mol. The van der Waals surface area contributed by atoms with Crippen LogP contribution in [0.5, 0.6) is 0 Å². The summed E-state index contributed by atoms with van der Waals surface area (Å²) in [6.45, 7) is 3.15. The molecule has 5 nitrogen and oxygen atoms in total. The summed E-state index contributed by atoms with van der Waals surface area (Å²) in [4.78, 5) is 15.2. The Labute approximate surface area is 174 Å². The van der Waals surface area contributed by atoms with E-state index in [4.69, 9.17) is 27.9 Å². The molecule has 28 heavy (non-hydrogen) atoms. The summed E-state index contributed by atoms with van der Waals surface area (Å²) >= 11 is 12.4. The highest BCUT2D eigenvalue weighted by atomic mass is 35.5. The van der Waals surface area contributed by atoms with Crippen LogP contribution in [0.15, 0.2) is 53.6 Å². The van der Waals surface area contributed by atoms with Gasteiger partial charge in [-0.1, -0.05) is 53.5 Å². The number of carbonyl (C=O) groups excluding carboxylic acids is 1. The molecule has 2 aromatic rings. The summed E-state index contributed by atoms with van der Waals surface area (Å²) in [5, 5.41) is 7.60. The van der Waals surface area contributed by atoms with Gasteiger partial charge in [-0.05, 0) is 23.8 Å². The first kappa shape index (κ1) is 19.4. The van der Waals surface area contributed by atoms with Crippen molar-refractivity contribution < 1.29 is 9.53 Å². The Balaban J connectivity index is 1.62. The van der Waals surface area contributed by atoms with Gasteiger partial charge in [-0.15, -0.1) is 0 Å². The maximum absolute atomic E-state index is 13.1. The summed E-state index contributed by atoms with van der Waals surface area (Å²) < 4.78 is 5.38. The number of rotatable bonds is 4. The third kappa shape index (κ3) is 4.23. The smallest absolute Gasteiger partial charge is 0.257 e. The number of hydrazone groups is 1. The second-order valence-electron chi connectivity index (χ2n) is 6.92. The molecule has 2 heterocycles. The van der Waals surface area contributed by atoms with E-state index in [1.807, 2.05) is 48.5 Å². The van der Waals surface area contributed by atoms with E-state index in [1.54, 1.807) is 5.01 Å². The van der Waals surface area contributed by atoms with Crippen molar-refractivity contribution in [1.82, 2.24) is 9.91 Å². The van der Waals surface area contributed by atoms with Crippen molar-refractivity contribution in [3.8, 4) is 0 Å². The minimum absolute atomic E-state index is 0.0242. The fourth-order valence-corrected chi connectivity index (χ4v) is 3.94. The molecule has 0 N–H and O–H groups in total. The van der Waals surface area contributed by atoms with Gasteiger partial charge in [0, 0.05) is 35.1 Å². The van der Waals surface area contributed by atoms with Crippen LogP contribution < -0.4 is 0 Å². The van der Waals surface area contributed by atoms with E-state index in [-0.39, 0.29) is 11.9 Å². The van der Waals surface area contributed by atoms with E-state index in [0.29, 0.717) is 36.2 Å². The van der Waals surface area contributed by atoms with Crippen LogP contribution in [0.4, 0.5) is 0 Å². The molecule has 0 bridgehead atoms. The zero-order valence-corrected chi connectivity index (χ0v) is 16.9. The largest absolute Gasteiger partial charge is 0.379 e. The van der Waals surface area contributed by atoms with Crippen LogP contribution in [0.3, 0.4) is 0 Å². The van der Waals surface area contributed by atoms with Gasteiger partial charge in [0.25, 0.3) is 5.91 Å². The van der Waals surface area contributed by atoms with E-state index in [2.05, 4.69) is 10.0 Å². The zero-order valence-electron chi connectivity index (χ0n) is 15.4. The quantitative estimate of drug-likeness (QED) is 0.754. The third-order valence-corrected chi connectivity index (χ3v) is 5.65. The summed E-state index contributed by atoms with van der Waals surface area (Å²) in [6, 6.07) is 15.0. The van der Waals surface area contributed by atoms with Crippen molar-refractivity contribution in [1.29, 1.82) is 0 Å². The monoisotopic (exact) mass is 417 g/mol. The van der Waals surface area contributed by atoms with E-state index < -0.39 is 0 Å². The number of hydrogen-bond acceptors (Lipinski definition) is 4. The second-order valence-corrected chi connectivity index (χ2v) is 7.77. The lowest BCUT2D eigenvalue weighted by molar-refractivity contribution is -0.135. The molecule has 2 aliphatic rings. The topological polar surface area (TPSA) is 45.1 Å². The SMILES string of the molecule is O=C(CN1CCOCC1)N1N=C(c2ccccc2Cl)CC1c1ccc(Cl)cc1. The first-order valence-corrected chi connectivity index (χ1v) is 10.1. The number of nitrogens with zero attached hydrogens (tertiary/aromatic N) is 3. The van der Waals surface area contributed by atoms with Gasteiger partial charge in [0.1, 0.15) is 0 Å². The number of hydrogen-bond donors (Lipinski definition) is 0. The molecule has 0 aliphatic carbocycles. The highest BCUT2D eigenvalue weighted by Crippen LogP contribution is 2.34. The molecule has 7 heteroatoms. The Hall–Kier alpha value is -1.92. The highest BCUT2D eigenvalue weighted by Gasteiger charge is 2.34. The summed E-state index contributed by atoms with van der Waals surface area (Å²) in [5.74, 6) is -0.0242. The number of benzene rings is 2. The molecule has 2 aliphatic heterocycles. The van der Waals surface area contributed by atoms with Crippen LogP contribution in [-0.2, 0) is 9.53 Å². The van der Waals surface area contributed by atoms with Crippen LogP contribution in [-0.4, -0.2) is 54.4 Å². The van der Waals surface area contributed by atoms with Gasteiger partial charge in [0.15, 0.2) is 0 Å². The van der Waals surface area contributed by atoms with Crippen LogP contribution in [0, 0.1) is 0 Å². The Morgan fingerprint density at radius 3 is 2.50 bits per heavy atom. The molecule has 4 rings (SSSR count). The first-order chi connectivity index (χ1) is 13.6. The van der Waals surface area contributed by atoms with Gasteiger partial charge >= 0.3 is 0 Å². The molecule has 0 spiro atoms. The Bertz CT molecular complexity index is 879. The van der Waals surface area contributed by atoms with Crippen molar-refractivity contribution in [2.45, 2.75) is 12.5 Å². The van der Waals surface area contributed by atoms with Crippen molar-refractivity contribution in [2.24, 2.45) is 5.10 Å². The number of halogens is 2. The minimum Gasteiger partial charge on any atom is -0.379 e. The maximum atomic E-state index is 13.1. The molecule has 1 saturated heterocycles. The van der Waals surface area contributed by atoms with Gasteiger partial charge in [-0.25, -0.2) is 5.01 Å². The lowest BCUT2D eigenvalue weighted by atomic mass is 9.98. The lowest BCUT2D eigenvalue weighted by Gasteiger charge is -2.29. The van der Waals surface area contributed by atoms with Crippen molar-refractivity contribution in [2.75, 3.05) is 32.8 Å². The highest BCUT2D eigenvalue weighted by molar-refractivity contribution is 6.34. The Kier molecular flexibility index (Phi) is 5.97. The molecule has 0 radical (unpaired) electrons. The van der Waals surface area contributed by atoms with Gasteiger partial charge < -0.3 is 4.74 Å². The van der Waals surface area contributed by atoms with Crippen LogP contribution >= 0.6 is 23.2 Å². The van der Waals surface area contributed by atoms with Crippen molar-refractivity contribution in [3.05, 3.63) is 69.7 Å².